The fraction of sp³-hybridized carbons (Fsp3) is 0.500. The number of carboxylic acids is 1. The van der Waals surface area contributed by atoms with Crippen LogP contribution in [0.25, 0.3) is 0 Å². The van der Waals surface area contributed by atoms with Gasteiger partial charge in [0.1, 0.15) is 4.90 Å². The lowest BCUT2D eigenvalue weighted by molar-refractivity contribution is 0.0696. The Labute approximate surface area is 146 Å². The van der Waals surface area contributed by atoms with E-state index in [2.05, 4.69) is 0 Å². The summed E-state index contributed by atoms with van der Waals surface area (Å²) < 4.78 is 50.8. The van der Waals surface area contributed by atoms with E-state index in [4.69, 9.17) is 16.7 Å². The molecule has 2 rings (SSSR count). The first kappa shape index (κ1) is 19.2. The molecule has 134 valence electrons. The molecule has 0 aromatic heterocycles. The van der Waals surface area contributed by atoms with Gasteiger partial charge >= 0.3 is 5.97 Å². The molecule has 0 saturated carbocycles. The average Bonchev–Trinajstić information content (AvgIpc) is 2.73. The molecule has 1 aromatic carbocycles. The third-order valence-corrected chi connectivity index (χ3v) is 8.62. The van der Waals surface area contributed by atoms with E-state index >= 15 is 0 Å². The summed E-state index contributed by atoms with van der Waals surface area (Å²) in [6, 6.07) is 3.41. The Morgan fingerprint density at radius 1 is 1.42 bits per heavy atom. The standard InChI is InChI=1S/C14H18ClNO6S2/c1-3-16(14(2)6-7-23(19,20)9-14)24(21,22)12-8-10(13(17)18)4-5-11(12)15/h4-5,8H,3,6-7,9H2,1-2H3,(H,17,18)/t14-/m1/s1. The maximum absolute atomic E-state index is 13.0. The minimum Gasteiger partial charge on any atom is -0.478 e. The summed E-state index contributed by atoms with van der Waals surface area (Å²) in [6.07, 6.45) is 0.179. The maximum Gasteiger partial charge on any atom is 0.335 e. The number of nitrogens with zero attached hydrogens (tertiary/aromatic N) is 1. The lowest BCUT2D eigenvalue weighted by Gasteiger charge is -2.35. The molecule has 0 spiro atoms. The van der Waals surface area contributed by atoms with Crippen LogP contribution in [0.4, 0.5) is 0 Å². The van der Waals surface area contributed by atoms with Crippen LogP contribution in [0.1, 0.15) is 30.6 Å². The second-order valence-electron chi connectivity index (χ2n) is 5.96. The topological polar surface area (TPSA) is 109 Å². The number of aromatic carboxylic acids is 1. The number of hydrogen-bond acceptors (Lipinski definition) is 5. The van der Waals surface area contributed by atoms with Crippen LogP contribution < -0.4 is 0 Å². The van der Waals surface area contributed by atoms with E-state index in [9.17, 15) is 21.6 Å². The summed E-state index contributed by atoms with van der Waals surface area (Å²) in [5.74, 6) is -1.64. The van der Waals surface area contributed by atoms with Crippen molar-refractivity contribution in [1.82, 2.24) is 4.31 Å². The predicted octanol–water partition coefficient (Wildman–Crippen LogP) is 1.63. The van der Waals surface area contributed by atoms with E-state index < -0.39 is 31.4 Å². The minimum absolute atomic E-state index is 0.0436. The second-order valence-corrected chi connectivity index (χ2v) is 10.4. The van der Waals surface area contributed by atoms with Gasteiger partial charge in [0.25, 0.3) is 0 Å². The van der Waals surface area contributed by atoms with E-state index in [-0.39, 0.29) is 40.0 Å². The molecule has 1 fully saturated rings. The predicted molar refractivity (Wildman–Crippen MR) is 89.7 cm³/mol. The summed E-state index contributed by atoms with van der Waals surface area (Å²) in [4.78, 5) is 10.8. The van der Waals surface area contributed by atoms with Crippen molar-refractivity contribution in [2.24, 2.45) is 0 Å². The fourth-order valence-electron chi connectivity index (χ4n) is 2.98. The Morgan fingerprint density at radius 2 is 2.04 bits per heavy atom. The van der Waals surface area contributed by atoms with E-state index in [0.717, 1.165) is 10.4 Å². The van der Waals surface area contributed by atoms with Crippen LogP contribution in [-0.4, -0.2) is 55.8 Å². The van der Waals surface area contributed by atoms with Gasteiger partial charge in [-0.15, -0.1) is 0 Å². The zero-order chi connectivity index (χ0) is 18.3. The molecule has 0 aliphatic carbocycles. The van der Waals surface area contributed by atoms with Crippen molar-refractivity contribution in [3.63, 3.8) is 0 Å². The fourth-order valence-corrected chi connectivity index (χ4v) is 7.52. The Hall–Kier alpha value is -1.16. The highest BCUT2D eigenvalue weighted by Gasteiger charge is 2.47. The van der Waals surface area contributed by atoms with Gasteiger partial charge in [0.15, 0.2) is 9.84 Å². The van der Waals surface area contributed by atoms with Crippen LogP contribution in [0.5, 0.6) is 0 Å². The summed E-state index contributed by atoms with van der Waals surface area (Å²) >= 11 is 5.98. The zero-order valence-electron chi connectivity index (χ0n) is 13.2. The highest BCUT2D eigenvalue weighted by molar-refractivity contribution is 7.92. The Balaban J connectivity index is 2.56. The van der Waals surface area contributed by atoms with Crippen LogP contribution in [0.3, 0.4) is 0 Å². The Kier molecular flexibility index (Phi) is 5.02. The molecule has 1 aromatic rings. The van der Waals surface area contributed by atoms with Crippen molar-refractivity contribution >= 4 is 37.4 Å². The number of sulfonamides is 1. The molecule has 10 heteroatoms. The van der Waals surface area contributed by atoms with Crippen LogP contribution in [-0.2, 0) is 19.9 Å². The van der Waals surface area contributed by atoms with Crippen LogP contribution in [0, 0.1) is 0 Å². The molecule has 1 N–H and O–H groups in total. The van der Waals surface area contributed by atoms with Crippen LogP contribution >= 0.6 is 11.6 Å². The molecule has 0 unspecified atom stereocenters. The number of sulfone groups is 1. The molecule has 1 heterocycles. The van der Waals surface area contributed by atoms with Gasteiger partial charge in [0.05, 0.1) is 22.1 Å². The molecule has 1 atom stereocenters. The normalized spacial score (nSPS) is 23.5. The summed E-state index contributed by atoms with van der Waals surface area (Å²) in [5, 5.41) is 8.95. The van der Waals surface area contributed by atoms with Crippen molar-refractivity contribution in [1.29, 1.82) is 0 Å². The minimum atomic E-state index is -4.16. The molecule has 0 amide bonds. The first-order valence-electron chi connectivity index (χ1n) is 7.19. The van der Waals surface area contributed by atoms with Gasteiger partial charge in [0.2, 0.25) is 10.0 Å². The van der Waals surface area contributed by atoms with Crippen molar-refractivity contribution in [3.05, 3.63) is 28.8 Å². The third-order valence-electron chi connectivity index (χ3n) is 4.12. The highest BCUT2D eigenvalue weighted by atomic mass is 35.5. The summed E-state index contributed by atoms with van der Waals surface area (Å²) in [6.45, 7) is 3.22. The monoisotopic (exact) mass is 395 g/mol. The molecule has 24 heavy (non-hydrogen) atoms. The van der Waals surface area contributed by atoms with Crippen molar-refractivity contribution in [3.8, 4) is 0 Å². The molecule has 1 aliphatic rings. The van der Waals surface area contributed by atoms with Crippen molar-refractivity contribution < 1.29 is 26.7 Å². The van der Waals surface area contributed by atoms with Gasteiger partial charge in [0, 0.05) is 12.1 Å². The summed E-state index contributed by atoms with van der Waals surface area (Å²) in [7, 11) is -7.47. The Bertz CT molecular complexity index is 881. The SMILES string of the molecule is CCN([C@]1(C)CCS(=O)(=O)C1)S(=O)(=O)c1cc(C(=O)O)ccc1Cl. The molecule has 1 saturated heterocycles. The molecule has 7 nitrogen and oxygen atoms in total. The number of rotatable bonds is 5. The number of benzene rings is 1. The van der Waals surface area contributed by atoms with Gasteiger partial charge in [-0.25, -0.2) is 21.6 Å². The van der Waals surface area contributed by atoms with Gasteiger partial charge in [-0.1, -0.05) is 18.5 Å². The van der Waals surface area contributed by atoms with E-state index in [1.54, 1.807) is 13.8 Å². The van der Waals surface area contributed by atoms with E-state index in [0.29, 0.717) is 0 Å². The van der Waals surface area contributed by atoms with Crippen LogP contribution in [0.15, 0.2) is 23.1 Å². The van der Waals surface area contributed by atoms with E-state index in [1.165, 1.54) is 12.1 Å². The lowest BCUT2D eigenvalue weighted by Crippen LogP contribution is -2.50. The van der Waals surface area contributed by atoms with Crippen molar-refractivity contribution in [2.45, 2.75) is 30.7 Å². The smallest absolute Gasteiger partial charge is 0.335 e. The average molecular weight is 396 g/mol. The second kappa shape index (κ2) is 6.29. The first-order chi connectivity index (χ1) is 10.9. The van der Waals surface area contributed by atoms with Gasteiger partial charge in [-0.3, -0.25) is 0 Å². The molecule has 0 bridgehead atoms. The molecule has 1 aliphatic heterocycles. The molecular formula is C14H18ClNO6S2. The van der Waals surface area contributed by atoms with Gasteiger partial charge in [-0.2, -0.15) is 4.31 Å². The quantitative estimate of drug-likeness (QED) is 0.811. The highest BCUT2D eigenvalue weighted by Crippen LogP contribution is 2.35. The van der Waals surface area contributed by atoms with Crippen LogP contribution in [0.2, 0.25) is 5.02 Å². The van der Waals surface area contributed by atoms with Gasteiger partial charge in [-0.05, 0) is 31.5 Å². The Morgan fingerprint density at radius 3 is 2.50 bits per heavy atom. The first-order valence-corrected chi connectivity index (χ1v) is 10.8. The van der Waals surface area contributed by atoms with Gasteiger partial charge < -0.3 is 5.11 Å². The molecule has 0 radical (unpaired) electrons. The molecular weight excluding hydrogens is 378 g/mol. The van der Waals surface area contributed by atoms with Crippen molar-refractivity contribution in [2.75, 3.05) is 18.1 Å². The lowest BCUT2D eigenvalue weighted by atomic mass is 10.0. The number of hydrogen-bond donors (Lipinski definition) is 1. The number of halogens is 1. The maximum atomic E-state index is 13.0. The number of carboxylic acid groups (broad SMARTS) is 1. The third kappa shape index (κ3) is 3.44. The summed E-state index contributed by atoms with van der Waals surface area (Å²) in [5.41, 5.74) is -1.30. The zero-order valence-corrected chi connectivity index (χ0v) is 15.6. The number of carbonyl (C=O) groups is 1. The van der Waals surface area contributed by atoms with E-state index in [1.807, 2.05) is 0 Å². The largest absolute Gasteiger partial charge is 0.478 e.